The van der Waals surface area contributed by atoms with Crippen LogP contribution in [-0.4, -0.2) is 4.98 Å². The van der Waals surface area contributed by atoms with Crippen LogP contribution in [0.15, 0.2) is 35.6 Å². The van der Waals surface area contributed by atoms with Crippen LogP contribution in [0.1, 0.15) is 6.92 Å². The molecule has 0 aliphatic carbocycles. The molecule has 2 heteroatoms. The van der Waals surface area contributed by atoms with Crippen LogP contribution in [0.4, 0.5) is 0 Å². The zero-order chi connectivity index (χ0) is 8.39. The van der Waals surface area contributed by atoms with E-state index in [4.69, 9.17) is 0 Å². The zero-order valence-corrected chi connectivity index (χ0v) is 6.94. The molecule has 1 aliphatic heterocycles. The standard InChI is InChI=1S/C10H10N2/c1-8-4-6-12-10-9(7-8)3-2-5-11-10/h2-8H,1H3. The molecule has 1 aliphatic rings. The smallest absolute Gasteiger partial charge is 0.158 e. The molecule has 0 N–H and O–H groups in total. The highest BCUT2D eigenvalue weighted by molar-refractivity contribution is 5.29. The molecule has 2 rings (SSSR count). The maximum Gasteiger partial charge on any atom is 0.158 e. The molecule has 1 atom stereocenters. The monoisotopic (exact) mass is 158 g/mol. The zero-order valence-electron chi connectivity index (χ0n) is 6.94. The minimum Gasteiger partial charge on any atom is -0.237 e. The van der Waals surface area contributed by atoms with Crippen molar-refractivity contribution < 1.29 is 0 Å². The number of fused-ring (bicyclic) bond motifs is 1. The molecule has 0 saturated carbocycles. The SMILES string of the molecule is CC1C=CN=c2ncccc2=C1. The highest BCUT2D eigenvalue weighted by atomic mass is 14.8. The summed E-state index contributed by atoms with van der Waals surface area (Å²) in [6.07, 6.45) is 7.80. The number of hydrogen-bond donors (Lipinski definition) is 0. The van der Waals surface area contributed by atoms with E-state index in [1.54, 1.807) is 6.20 Å². The largest absolute Gasteiger partial charge is 0.237 e. The van der Waals surface area contributed by atoms with Crippen molar-refractivity contribution in [2.45, 2.75) is 6.92 Å². The van der Waals surface area contributed by atoms with Crippen LogP contribution in [0.2, 0.25) is 0 Å². The van der Waals surface area contributed by atoms with Gasteiger partial charge in [0.1, 0.15) is 0 Å². The fraction of sp³-hybridized carbons (Fsp3) is 0.200. The van der Waals surface area contributed by atoms with Crippen molar-refractivity contribution in [3.8, 4) is 0 Å². The van der Waals surface area contributed by atoms with E-state index in [-0.39, 0.29) is 0 Å². The Labute approximate surface area is 71.0 Å². The van der Waals surface area contributed by atoms with Crippen LogP contribution >= 0.6 is 0 Å². The quantitative estimate of drug-likeness (QED) is 0.544. The molecule has 12 heavy (non-hydrogen) atoms. The summed E-state index contributed by atoms with van der Waals surface area (Å²) in [7, 11) is 0. The van der Waals surface area contributed by atoms with Crippen molar-refractivity contribution in [3.05, 3.63) is 41.3 Å². The fourth-order valence-corrected chi connectivity index (χ4v) is 1.24. The van der Waals surface area contributed by atoms with E-state index in [2.05, 4.69) is 29.1 Å². The third-order valence-corrected chi connectivity index (χ3v) is 1.85. The molecule has 0 aromatic carbocycles. The normalized spacial score (nSPS) is 20.2. The average Bonchev–Trinajstić information content (AvgIpc) is 2.25. The predicted molar refractivity (Wildman–Crippen MR) is 47.8 cm³/mol. The van der Waals surface area contributed by atoms with Crippen LogP contribution in [-0.2, 0) is 0 Å². The lowest BCUT2D eigenvalue weighted by molar-refractivity contribution is 0.995. The van der Waals surface area contributed by atoms with Crippen molar-refractivity contribution >= 4 is 6.08 Å². The van der Waals surface area contributed by atoms with Crippen molar-refractivity contribution in [2.75, 3.05) is 0 Å². The maximum atomic E-state index is 4.21. The van der Waals surface area contributed by atoms with Gasteiger partial charge >= 0.3 is 0 Å². The summed E-state index contributed by atoms with van der Waals surface area (Å²) in [5.41, 5.74) is 0.818. The van der Waals surface area contributed by atoms with Gasteiger partial charge in [-0.1, -0.05) is 19.1 Å². The van der Waals surface area contributed by atoms with Gasteiger partial charge in [-0.05, 0) is 18.1 Å². The van der Waals surface area contributed by atoms with E-state index >= 15 is 0 Å². The Kier molecular flexibility index (Phi) is 1.74. The average molecular weight is 158 g/mol. The van der Waals surface area contributed by atoms with Gasteiger partial charge in [0.25, 0.3) is 0 Å². The number of pyridine rings is 1. The van der Waals surface area contributed by atoms with Crippen LogP contribution in [0.3, 0.4) is 0 Å². The Bertz CT molecular complexity index is 418. The molecule has 0 saturated heterocycles. The van der Waals surface area contributed by atoms with Crippen molar-refractivity contribution in [1.29, 1.82) is 0 Å². The van der Waals surface area contributed by atoms with Gasteiger partial charge in [-0.15, -0.1) is 0 Å². The van der Waals surface area contributed by atoms with E-state index in [0.717, 1.165) is 10.7 Å². The Morgan fingerprint density at radius 2 is 2.33 bits per heavy atom. The summed E-state index contributed by atoms with van der Waals surface area (Å²) < 4.78 is 0. The first-order valence-electron chi connectivity index (χ1n) is 4.03. The number of aromatic nitrogens is 1. The highest BCUT2D eigenvalue weighted by Gasteiger charge is 1.95. The molecule has 1 unspecified atom stereocenters. The van der Waals surface area contributed by atoms with Crippen molar-refractivity contribution in [2.24, 2.45) is 10.9 Å². The Morgan fingerprint density at radius 1 is 1.42 bits per heavy atom. The predicted octanol–water partition coefficient (Wildman–Crippen LogP) is 0.645. The number of allylic oxidation sites excluding steroid dienone is 1. The first kappa shape index (κ1) is 7.22. The van der Waals surface area contributed by atoms with Gasteiger partial charge in [-0.25, -0.2) is 9.98 Å². The summed E-state index contributed by atoms with van der Waals surface area (Å²) in [5, 5.41) is 1.12. The second-order valence-corrected chi connectivity index (χ2v) is 2.91. The third kappa shape index (κ3) is 1.28. The topological polar surface area (TPSA) is 25.2 Å². The number of hydrogen-bond acceptors (Lipinski definition) is 2. The third-order valence-electron chi connectivity index (χ3n) is 1.85. The van der Waals surface area contributed by atoms with E-state index in [1.807, 2.05) is 18.3 Å². The molecule has 2 heterocycles. The van der Waals surface area contributed by atoms with Gasteiger partial charge in [-0.2, -0.15) is 0 Å². The first-order valence-corrected chi connectivity index (χ1v) is 4.03. The molecule has 0 bridgehead atoms. The Balaban J connectivity index is 2.75. The summed E-state index contributed by atoms with van der Waals surface area (Å²) in [6.45, 7) is 2.13. The van der Waals surface area contributed by atoms with Gasteiger partial charge in [0.2, 0.25) is 0 Å². The molecule has 60 valence electrons. The van der Waals surface area contributed by atoms with Crippen LogP contribution in [0.5, 0.6) is 0 Å². The molecule has 0 amide bonds. The van der Waals surface area contributed by atoms with Crippen molar-refractivity contribution in [3.63, 3.8) is 0 Å². The lowest BCUT2D eigenvalue weighted by Gasteiger charge is -1.92. The van der Waals surface area contributed by atoms with Crippen molar-refractivity contribution in [1.82, 2.24) is 4.98 Å². The van der Waals surface area contributed by atoms with Gasteiger partial charge in [0.05, 0.1) is 0 Å². The van der Waals surface area contributed by atoms with Gasteiger partial charge in [0, 0.05) is 17.6 Å². The molecule has 1 aromatic heterocycles. The van der Waals surface area contributed by atoms with Gasteiger partial charge in [0.15, 0.2) is 5.49 Å². The second-order valence-electron chi connectivity index (χ2n) is 2.91. The minimum atomic E-state index is 0.444. The summed E-state index contributed by atoms with van der Waals surface area (Å²) in [4.78, 5) is 8.38. The van der Waals surface area contributed by atoms with E-state index in [1.165, 1.54) is 0 Å². The van der Waals surface area contributed by atoms with E-state index in [0.29, 0.717) is 5.92 Å². The molecule has 0 radical (unpaired) electrons. The molecule has 0 spiro atoms. The number of rotatable bonds is 0. The lowest BCUT2D eigenvalue weighted by Crippen LogP contribution is -2.27. The molecule has 0 fully saturated rings. The Morgan fingerprint density at radius 3 is 3.25 bits per heavy atom. The molecular weight excluding hydrogens is 148 g/mol. The summed E-state index contributed by atoms with van der Waals surface area (Å²) in [6, 6.07) is 3.97. The van der Waals surface area contributed by atoms with Crippen LogP contribution in [0, 0.1) is 5.92 Å². The highest BCUT2D eigenvalue weighted by Crippen LogP contribution is 1.98. The minimum absolute atomic E-state index is 0.444. The molecule has 2 nitrogen and oxygen atoms in total. The summed E-state index contributed by atoms with van der Waals surface area (Å²) in [5.74, 6) is 0.444. The van der Waals surface area contributed by atoms with Crippen LogP contribution < -0.4 is 10.7 Å². The Hall–Kier alpha value is -1.44. The summed E-state index contributed by atoms with van der Waals surface area (Å²) >= 11 is 0. The number of nitrogens with zero attached hydrogens (tertiary/aromatic N) is 2. The van der Waals surface area contributed by atoms with Gasteiger partial charge < -0.3 is 0 Å². The molecule has 1 aromatic rings. The van der Waals surface area contributed by atoms with E-state index in [9.17, 15) is 0 Å². The second kappa shape index (κ2) is 2.89. The first-order chi connectivity index (χ1) is 5.86. The molecular formula is C10H10N2. The fourth-order valence-electron chi connectivity index (χ4n) is 1.24. The maximum absolute atomic E-state index is 4.21. The lowest BCUT2D eigenvalue weighted by atomic mass is 10.1. The van der Waals surface area contributed by atoms with E-state index < -0.39 is 0 Å². The van der Waals surface area contributed by atoms with Gasteiger partial charge in [-0.3, -0.25) is 0 Å². The van der Waals surface area contributed by atoms with Crippen LogP contribution in [0.25, 0.3) is 6.08 Å².